The van der Waals surface area contributed by atoms with Crippen molar-refractivity contribution in [3.05, 3.63) is 72.3 Å². The minimum Gasteiger partial charge on any atom is -0.497 e. The van der Waals surface area contributed by atoms with Crippen LogP contribution in [-0.4, -0.2) is 57.9 Å². The lowest BCUT2D eigenvalue weighted by atomic mass is 9.92. The molecular weight excluding hydrogens is 408 g/mol. The summed E-state index contributed by atoms with van der Waals surface area (Å²) >= 11 is 0. The number of benzene rings is 2. The Hall–Kier alpha value is -3.37. The van der Waals surface area contributed by atoms with E-state index in [1.54, 1.807) is 31.3 Å². The van der Waals surface area contributed by atoms with Crippen molar-refractivity contribution in [1.82, 2.24) is 19.7 Å². The van der Waals surface area contributed by atoms with E-state index in [2.05, 4.69) is 15.4 Å². The van der Waals surface area contributed by atoms with Crippen LogP contribution in [0.5, 0.6) is 5.75 Å². The Balaban J connectivity index is 1.74. The maximum Gasteiger partial charge on any atom is 0.238 e. The van der Waals surface area contributed by atoms with E-state index in [9.17, 15) is 18.7 Å². The van der Waals surface area contributed by atoms with E-state index in [0.29, 0.717) is 17.5 Å². The zero-order chi connectivity index (χ0) is 22.4. The van der Waals surface area contributed by atoms with Crippen LogP contribution < -0.4 is 10.1 Å². The van der Waals surface area contributed by atoms with E-state index in [0.717, 1.165) is 6.07 Å². The maximum atomic E-state index is 14.5. The molecule has 1 heterocycles. The average molecular weight is 431 g/mol. The number of nitrogens with zero attached hydrogens (tertiary/aromatic N) is 4. The topological polar surface area (TPSA) is 92.5 Å². The van der Waals surface area contributed by atoms with Gasteiger partial charge in [-0.1, -0.05) is 12.1 Å². The summed E-state index contributed by atoms with van der Waals surface area (Å²) in [5.41, 5.74) is -1.35. The number of hydrogen-bond acceptors (Lipinski definition) is 6. The van der Waals surface area contributed by atoms with E-state index in [1.165, 1.54) is 35.4 Å². The molecule has 1 unspecified atom stereocenters. The zero-order valence-corrected chi connectivity index (χ0v) is 17.1. The number of aliphatic hydroxyl groups is 1. The number of rotatable bonds is 9. The van der Waals surface area contributed by atoms with Gasteiger partial charge in [0.25, 0.3) is 0 Å². The zero-order valence-electron chi connectivity index (χ0n) is 17.1. The highest BCUT2D eigenvalue weighted by Gasteiger charge is 2.35. The summed E-state index contributed by atoms with van der Waals surface area (Å²) in [7, 11) is 3.14. The van der Waals surface area contributed by atoms with Crippen LogP contribution in [0.2, 0.25) is 0 Å². The fourth-order valence-corrected chi connectivity index (χ4v) is 3.32. The van der Waals surface area contributed by atoms with Crippen molar-refractivity contribution >= 4 is 11.6 Å². The van der Waals surface area contributed by atoms with Gasteiger partial charge in [0.1, 0.15) is 35.6 Å². The summed E-state index contributed by atoms with van der Waals surface area (Å²) < 4.78 is 34.4. The molecule has 0 aliphatic rings. The van der Waals surface area contributed by atoms with Gasteiger partial charge in [0.15, 0.2) is 0 Å². The lowest BCUT2D eigenvalue weighted by Crippen LogP contribution is -2.45. The predicted octanol–water partition coefficient (Wildman–Crippen LogP) is 2.02. The molecule has 0 radical (unpaired) electrons. The third kappa shape index (κ3) is 5.83. The van der Waals surface area contributed by atoms with Crippen LogP contribution in [-0.2, 0) is 16.9 Å². The van der Waals surface area contributed by atoms with Crippen LogP contribution in [0.4, 0.5) is 14.5 Å². The Morgan fingerprint density at radius 2 is 2.10 bits per heavy atom. The molecule has 0 spiro atoms. The fraction of sp³-hybridized carbons (Fsp3) is 0.286. The quantitative estimate of drug-likeness (QED) is 0.539. The van der Waals surface area contributed by atoms with E-state index in [1.807, 2.05) is 0 Å². The molecule has 0 saturated heterocycles. The van der Waals surface area contributed by atoms with Gasteiger partial charge in [-0.05, 0) is 25.2 Å². The summed E-state index contributed by atoms with van der Waals surface area (Å²) in [4.78, 5) is 17.8. The van der Waals surface area contributed by atoms with Gasteiger partial charge in [0.05, 0.1) is 20.2 Å². The SMILES string of the molecule is COc1cccc(NC(=O)CN(C)CC(O)(Cn2cncn2)c2ccc(F)cc2F)c1. The Kier molecular flexibility index (Phi) is 6.93. The number of amides is 1. The van der Waals surface area contributed by atoms with Gasteiger partial charge in [-0.25, -0.2) is 18.4 Å². The number of carbonyl (C=O) groups excluding carboxylic acids is 1. The molecule has 1 aromatic heterocycles. The third-order valence-corrected chi connectivity index (χ3v) is 4.62. The molecule has 31 heavy (non-hydrogen) atoms. The number of hydrogen-bond donors (Lipinski definition) is 2. The highest BCUT2D eigenvalue weighted by Crippen LogP contribution is 2.27. The first kappa shape index (κ1) is 22.3. The monoisotopic (exact) mass is 431 g/mol. The second kappa shape index (κ2) is 9.63. The molecule has 0 aliphatic heterocycles. The highest BCUT2D eigenvalue weighted by atomic mass is 19.1. The second-order valence-corrected chi connectivity index (χ2v) is 7.20. The number of anilines is 1. The molecule has 0 fully saturated rings. The first-order valence-corrected chi connectivity index (χ1v) is 9.42. The van der Waals surface area contributed by atoms with Gasteiger partial charge in [0, 0.05) is 29.9 Å². The van der Waals surface area contributed by atoms with Crippen molar-refractivity contribution < 1.29 is 23.4 Å². The number of ether oxygens (including phenoxy) is 1. The summed E-state index contributed by atoms with van der Waals surface area (Å²) in [6, 6.07) is 9.85. The van der Waals surface area contributed by atoms with Gasteiger partial charge in [0.2, 0.25) is 5.91 Å². The molecule has 164 valence electrons. The first-order valence-electron chi connectivity index (χ1n) is 9.42. The molecule has 0 aliphatic carbocycles. The number of aromatic nitrogens is 3. The smallest absolute Gasteiger partial charge is 0.238 e. The lowest BCUT2D eigenvalue weighted by molar-refractivity contribution is -0.118. The molecule has 0 saturated carbocycles. The molecule has 1 amide bonds. The number of methoxy groups -OCH3 is 1. The normalized spacial score (nSPS) is 13.1. The van der Waals surface area contributed by atoms with Crippen LogP contribution in [0.15, 0.2) is 55.1 Å². The second-order valence-electron chi connectivity index (χ2n) is 7.20. The number of halogens is 2. The maximum absolute atomic E-state index is 14.5. The average Bonchev–Trinajstić information content (AvgIpc) is 3.20. The summed E-state index contributed by atoms with van der Waals surface area (Å²) in [6.07, 6.45) is 2.66. The minimum absolute atomic E-state index is 0.0836. The molecule has 2 aromatic carbocycles. The standard InChI is InChI=1S/C21H23F2N5O3/c1-27(10-20(29)26-16-4-3-5-17(9-16)31-2)11-21(30,12-28-14-24-13-25-28)18-7-6-15(22)8-19(18)23/h3-9,13-14,30H,10-12H2,1-2H3,(H,26,29). The van der Waals surface area contributed by atoms with Crippen molar-refractivity contribution in [2.75, 3.05) is 32.6 Å². The molecule has 10 heteroatoms. The Morgan fingerprint density at radius 1 is 1.29 bits per heavy atom. The molecule has 0 bridgehead atoms. The van der Waals surface area contributed by atoms with E-state index < -0.39 is 17.2 Å². The summed E-state index contributed by atoms with van der Waals surface area (Å²) in [5, 5.41) is 18.0. The Bertz CT molecular complexity index is 1030. The molecule has 3 rings (SSSR count). The lowest BCUT2D eigenvalue weighted by Gasteiger charge is -2.33. The predicted molar refractivity (Wildman–Crippen MR) is 109 cm³/mol. The van der Waals surface area contributed by atoms with Gasteiger partial charge in [-0.15, -0.1) is 0 Å². The Labute approximate surface area is 178 Å². The van der Waals surface area contributed by atoms with Crippen molar-refractivity contribution in [2.24, 2.45) is 0 Å². The van der Waals surface area contributed by atoms with Crippen molar-refractivity contribution in [1.29, 1.82) is 0 Å². The molecule has 2 N–H and O–H groups in total. The minimum atomic E-state index is -1.80. The van der Waals surface area contributed by atoms with Crippen LogP contribution in [0, 0.1) is 11.6 Å². The van der Waals surface area contributed by atoms with Crippen molar-refractivity contribution in [3.63, 3.8) is 0 Å². The molecular formula is C21H23F2N5O3. The van der Waals surface area contributed by atoms with E-state index >= 15 is 0 Å². The molecule has 3 aromatic rings. The van der Waals surface area contributed by atoms with Crippen LogP contribution in [0.1, 0.15) is 5.56 Å². The number of nitrogens with one attached hydrogen (secondary N) is 1. The molecule has 8 nitrogen and oxygen atoms in total. The Morgan fingerprint density at radius 3 is 2.77 bits per heavy atom. The first-order chi connectivity index (χ1) is 14.8. The van der Waals surface area contributed by atoms with E-state index in [4.69, 9.17) is 4.74 Å². The largest absolute Gasteiger partial charge is 0.497 e. The third-order valence-electron chi connectivity index (χ3n) is 4.62. The van der Waals surface area contributed by atoms with Crippen molar-refractivity contribution in [3.8, 4) is 5.75 Å². The van der Waals surface area contributed by atoms with Gasteiger partial charge < -0.3 is 15.2 Å². The van der Waals surface area contributed by atoms with Gasteiger partial charge in [-0.3, -0.25) is 9.69 Å². The fourth-order valence-electron chi connectivity index (χ4n) is 3.32. The molecule has 1 atom stereocenters. The van der Waals surface area contributed by atoms with Gasteiger partial charge >= 0.3 is 0 Å². The van der Waals surface area contributed by atoms with Gasteiger partial charge in [-0.2, -0.15) is 5.10 Å². The number of carbonyl (C=O) groups is 1. The van der Waals surface area contributed by atoms with Crippen LogP contribution in [0.3, 0.4) is 0 Å². The highest BCUT2D eigenvalue weighted by molar-refractivity contribution is 5.92. The van der Waals surface area contributed by atoms with Crippen LogP contribution >= 0.6 is 0 Å². The summed E-state index contributed by atoms with van der Waals surface area (Å²) in [6.45, 7) is -0.349. The number of likely N-dealkylation sites (N-methyl/N-ethyl adjacent to an activating group) is 1. The van der Waals surface area contributed by atoms with E-state index in [-0.39, 0.29) is 31.1 Å². The summed E-state index contributed by atoms with van der Waals surface area (Å²) in [5.74, 6) is -1.38. The van der Waals surface area contributed by atoms with Crippen LogP contribution in [0.25, 0.3) is 0 Å². The van der Waals surface area contributed by atoms with Crippen molar-refractivity contribution in [2.45, 2.75) is 12.1 Å².